The molecule has 0 spiro atoms. The van der Waals surface area contributed by atoms with Crippen LogP contribution in [0.15, 0.2) is 54.6 Å². The largest absolute Gasteiger partial charge is 0.490 e. The Balaban J connectivity index is 1.62. The van der Waals surface area contributed by atoms with Crippen molar-refractivity contribution in [3.8, 4) is 11.5 Å². The first kappa shape index (κ1) is 16.4. The Morgan fingerprint density at radius 1 is 1.00 bits per heavy atom. The number of para-hydroxylation sites is 2. The van der Waals surface area contributed by atoms with Crippen LogP contribution in [0.1, 0.15) is 31.7 Å². The fourth-order valence-electron chi connectivity index (χ4n) is 3.06. The molecule has 0 radical (unpaired) electrons. The van der Waals surface area contributed by atoms with Gasteiger partial charge in [0.25, 0.3) is 5.91 Å². The third kappa shape index (κ3) is 3.53. The summed E-state index contributed by atoms with van der Waals surface area (Å²) in [5.41, 5.74) is 0.931. The lowest BCUT2D eigenvalue weighted by molar-refractivity contribution is -0.126. The first-order valence-electron chi connectivity index (χ1n) is 8.45. The molecule has 1 N–H and O–H groups in total. The van der Waals surface area contributed by atoms with Crippen LogP contribution >= 0.6 is 0 Å². The molecule has 2 aromatic rings. The summed E-state index contributed by atoms with van der Waals surface area (Å²) >= 11 is 0. The molecule has 3 rings (SSSR count). The van der Waals surface area contributed by atoms with Crippen LogP contribution in [0.25, 0.3) is 0 Å². The lowest BCUT2D eigenvalue weighted by Crippen LogP contribution is -2.52. The summed E-state index contributed by atoms with van der Waals surface area (Å²) in [6.45, 7) is 2.46. The summed E-state index contributed by atoms with van der Waals surface area (Å²) in [5.74, 6) is 1.15. The minimum atomic E-state index is -0.235. The molecule has 0 heterocycles. The van der Waals surface area contributed by atoms with Gasteiger partial charge in [0.1, 0.15) is 0 Å². The van der Waals surface area contributed by atoms with Crippen molar-refractivity contribution in [1.29, 1.82) is 0 Å². The van der Waals surface area contributed by atoms with Crippen LogP contribution in [0.2, 0.25) is 0 Å². The molecule has 1 saturated carbocycles. The fourth-order valence-corrected chi connectivity index (χ4v) is 3.06. The Labute approximate surface area is 142 Å². The van der Waals surface area contributed by atoms with Crippen molar-refractivity contribution in [2.24, 2.45) is 0 Å². The van der Waals surface area contributed by atoms with E-state index in [4.69, 9.17) is 9.47 Å². The van der Waals surface area contributed by atoms with Crippen molar-refractivity contribution in [3.63, 3.8) is 0 Å². The van der Waals surface area contributed by atoms with Crippen LogP contribution in [-0.2, 0) is 10.3 Å². The van der Waals surface area contributed by atoms with Crippen molar-refractivity contribution < 1.29 is 14.3 Å². The third-order valence-corrected chi connectivity index (χ3v) is 4.42. The Morgan fingerprint density at radius 3 is 2.21 bits per heavy atom. The average Bonchev–Trinajstić information content (AvgIpc) is 2.58. The zero-order valence-corrected chi connectivity index (χ0v) is 14.0. The van der Waals surface area contributed by atoms with Crippen LogP contribution < -0.4 is 14.8 Å². The van der Waals surface area contributed by atoms with E-state index < -0.39 is 0 Å². The van der Waals surface area contributed by atoms with Gasteiger partial charge in [-0.25, -0.2) is 0 Å². The number of amides is 1. The summed E-state index contributed by atoms with van der Waals surface area (Å²) in [7, 11) is 0. The minimum Gasteiger partial charge on any atom is -0.490 e. The van der Waals surface area contributed by atoms with Gasteiger partial charge in [-0.05, 0) is 43.9 Å². The predicted octanol–water partition coefficient (Wildman–Crippen LogP) is 3.66. The van der Waals surface area contributed by atoms with E-state index in [1.54, 1.807) is 0 Å². The zero-order valence-electron chi connectivity index (χ0n) is 14.0. The summed E-state index contributed by atoms with van der Waals surface area (Å²) in [6, 6.07) is 17.6. The van der Waals surface area contributed by atoms with Crippen LogP contribution in [0.3, 0.4) is 0 Å². The van der Waals surface area contributed by atoms with E-state index in [2.05, 4.69) is 17.4 Å². The minimum absolute atomic E-state index is 0.0152. The summed E-state index contributed by atoms with van der Waals surface area (Å²) in [4.78, 5) is 12.4. The average molecular weight is 325 g/mol. The second kappa shape index (κ2) is 7.39. The zero-order chi connectivity index (χ0) is 16.8. The Bertz CT molecular complexity index is 680. The van der Waals surface area contributed by atoms with Gasteiger partial charge in [-0.1, -0.05) is 42.5 Å². The number of ether oxygens (including phenoxy) is 2. The molecule has 0 saturated heterocycles. The number of hydrogen-bond donors (Lipinski definition) is 1. The van der Waals surface area contributed by atoms with Gasteiger partial charge in [0.2, 0.25) is 0 Å². The molecule has 24 heavy (non-hydrogen) atoms. The second-order valence-corrected chi connectivity index (χ2v) is 6.02. The lowest BCUT2D eigenvalue weighted by Gasteiger charge is -2.43. The first-order valence-corrected chi connectivity index (χ1v) is 8.45. The van der Waals surface area contributed by atoms with Crippen LogP contribution in [0, 0.1) is 0 Å². The third-order valence-electron chi connectivity index (χ3n) is 4.42. The van der Waals surface area contributed by atoms with Crippen LogP contribution in [0.5, 0.6) is 11.5 Å². The maximum Gasteiger partial charge on any atom is 0.258 e. The fraction of sp³-hybridized carbons (Fsp3) is 0.350. The molecule has 4 heteroatoms. The second-order valence-electron chi connectivity index (χ2n) is 6.02. The monoisotopic (exact) mass is 325 g/mol. The lowest BCUT2D eigenvalue weighted by atomic mass is 9.72. The van der Waals surface area contributed by atoms with Gasteiger partial charge < -0.3 is 14.8 Å². The van der Waals surface area contributed by atoms with E-state index in [9.17, 15) is 4.79 Å². The molecule has 1 fully saturated rings. The quantitative estimate of drug-likeness (QED) is 0.845. The summed E-state index contributed by atoms with van der Waals surface area (Å²) < 4.78 is 11.2. The highest BCUT2D eigenvalue weighted by Crippen LogP contribution is 2.41. The van der Waals surface area contributed by atoms with Crippen molar-refractivity contribution >= 4 is 5.91 Å². The molecule has 126 valence electrons. The van der Waals surface area contributed by atoms with Gasteiger partial charge in [-0.2, -0.15) is 0 Å². The van der Waals surface area contributed by atoms with E-state index in [0.717, 1.165) is 19.3 Å². The van der Waals surface area contributed by atoms with Crippen molar-refractivity contribution in [2.75, 3.05) is 13.2 Å². The van der Waals surface area contributed by atoms with Gasteiger partial charge in [0.15, 0.2) is 18.1 Å². The molecule has 1 aliphatic carbocycles. The smallest absolute Gasteiger partial charge is 0.258 e. The standard InChI is InChI=1S/C20H23NO3/c1-2-23-17-11-6-7-12-18(17)24-15-19(22)21-20(13-8-14-20)16-9-4-3-5-10-16/h3-7,9-12H,2,8,13-15H2,1H3,(H,21,22). The molecule has 0 atom stereocenters. The topological polar surface area (TPSA) is 47.6 Å². The maximum absolute atomic E-state index is 12.4. The van der Waals surface area contributed by atoms with Crippen molar-refractivity contribution in [1.82, 2.24) is 5.32 Å². The van der Waals surface area contributed by atoms with Crippen LogP contribution in [0.4, 0.5) is 0 Å². The number of hydrogen-bond acceptors (Lipinski definition) is 3. The van der Waals surface area contributed by atoms with Gasteiger partial charge in [-0.15, -0.1) is 0 Å². The first-order chi connectivity index (χ1) is 11.7. The molecule has 0 unspecified atom stereocenters. The van der Waals surface area contributed by atoms with Crippen LogP contribution in [-0.4, -0.2) is 19.1 Å². The summed E-state index contributed by atoms with van der Waals surface area (Å²) in [6.07, 6.45) is 3.07. The number of benzene rings is 2. The predicted molar refractivity (Wildman–Crippen MR) is 93.2 cm³/mol. The molecule has 0 bridgehead atoms. The Hall–Kier alpha value is -2.49. The SMILES string of the molecule is CCOc1ccccc1OCC(=O)NC1(c2ccccc2)CCC1. The van der Waals surface area contributed by atoms with E-state index in [1.165, 1.54) is 5.56 Å². The molecular weight excluding hydrogens is 302 g/mol. The van der Waals surface area contributed by atoms with E-state index in [-0.39, 0.29) is 18.1 Å². The molecule has 0 aromatic heterocycles. The maximum atomic E-state index is 12.4. The Kier molecular flexibility index (Phi) is 5.04. The molecule has 4 nitrogen and oxygen atoms in total. The van der Waals surface area contributed by atoms with Gasteiger partial charge in [0.05, 0.1) is 12.1 Å². The number of carbonyl (C=O) groups excluding carboxylic acids is 1. The molecule has 0 aliphatic heterocycles. The summed E-state index contributed by atoms with van der Waals surface area (Å²) in [5, 5.41) is 3.16. The Morgan fingerprint density at radius 2 is 1.62 bits per heavy atom. The number of nitrogens with one attached hydrogen (secondary N) is 1. The van der Waals surface area contributed by atoms with Gasteiger partial charge in [-0.3, -0.25) is 4.79 Å². The number of rotatable bonds is 7. The van der Waals surface area contributed by atoms with Crippen molar-refractivity contribution in [3.05, 3.63) is 60.2 Å². The highest BCUT2D eigenvalue weighted by atomic mass is 16.5. The van der Waals surface area contributed by atoms with E-state index in [0.29, 0.717) is 18.1 Å². The number of carbonyl (C=O) groups is 1. The molecule has 1 amide bonds. The van der Waals surface area contributed by atoms with Gasteiger partial charge in [0, 0.05) is 0 Å². The molecule has 1 aliphatic rings. The highest BCUT2D eigenvalue weighted by Gasteiger charge is 2.39. The molecule has 2 aromatic carbocycles. The highest BCUT2D eigenvalue weighted by molar-refractivity contribution is 5.79. The van der Waals surface area contributed by atoms with E-state index >= 15 is 0 Å². The van der Waals surface area contributed by atoms with Crippen molar-refractivity contribution in [2.45, 2.75) is 31.7 Å². The van der Waals surface area contributed by atoms with Gasteiger partial charge >= 0.3 is 0 Å². The molecular formula is C20H23NO3. The normalized spacial score (nSPS) is 15.2. The van der Waals surface area contributed by atoms with E-state index in [1.807, 2.05) is 49.4 Å².